The minimum absolute atomic E-state index is 0.178. The fraction of sp³-hybridized carbons (Fsp3) is 0.593. The van der Waals surface area contributed by atoms with Crippen LogP contribution in [-0.4, -0.2) is 19.1 Å². The maximum absolute atomic E-state index is 12.7. The summed E-state index contributed by atoms with van der Waals surface area (Å²) in [7, 11) is 0. The van der Waals surface area contributed by atoms with Crippen LogP contribution in [0.5, 0.6) is 5.75 Å². The molecule has 2 aliphatic rings. The van der Waals surface area contributed by atoms with Gasteiger partial charge in [-0.1, -0.05) is 37.1 Å². The Morgan fingerprint density at radius 2 is 1.62 bits per heavy atom. The molecule has 34 heavy (non-hydrogen) atoms. The third-order valence-electron chi connectivity index (χ3n) is 7.02. The largest absolute Gasteiger partial charge is 0.573 e. The summed E-state index contributed by atoms with van der Waals surface area (Å²) >= 11 is 0. The Morgan fingerprint density at radius 1 is 0.971 bits per heavy atom. The third-order valence-corrected chi connectivity index (χ3v) is 7.02. The Morgan fingerprint density at radius 3 is 2.24 bits per heavy atom. The van der Waals surface area contributed by atoms with E-state index in [-0.39, 0.29) is 11.9 Å². The number of hydrogen-bond donors (Lipinski definition) is 0. The van der Waals surface area contributed by atoms with Gasteiger partial charge in [0.05, 0.1) is 6.10 Å². The highest BCUT2D eigenvalue weighted by molar-refractivity contribution is 5.30. The van der Waals surface area contributed by atoms with Crippen LogP contribution >= 0.6 is 0 Å². The summed E-state index contributed by atoms with van der Waals surface area (Å²) in [6.45, 7) is 0.809. The molecule has 3 nitrogen and oxygen atoms in total. The van der Waals surface area contributed by atoms with Gasteiger partial charge in [0.25, 0.3) is 0 Å². The second kappa shape index (κ2) is 12.9. The van der Waals surface area contributed by atoms with E-state index in [4.69, 9.17) is 10.00 Å². The smallest absolute Gasteiger partial charge is 0.406 e. The van der Waals surface area contributed by atoms with Crippen molar-refractivity contribution >= 4 is 0 Å². The summed E-state index contributed by atoms with van der Waals surface area (Å²) in [5, 5.41) is 8.37. The van der Waals surface area contributed by atoms with Crippen LogP contribution in [0.4, 0.5) is 17.6 Å². The zero-order chi connectivity index (χ0) is 24.4. The second-order valence-corrected chi connectivity index (χ2v) is 9.44. The molecule has 0 aromatic heterocycles. The second-order valence-electron chi connectivity index (χ2n) is 9.44. The van der Waals surface area contributed by atoms with E-state index in [1.807, 2.05) is 6.08 Å². The number of ether oxygens (including phenoxy) is 2. The standard InChI is InChI=1S/C27H33F4NO2/c28-24(18-32)5-3-1-2-4-20-6-8-21(9-7-20)19-33-25-14-10-22(11-15-25)23-12-16-26(17-13-23)34-27(29,30)31/h1,3,5,12-13,16-17,20-22,25H,2,4,6-11,14-15,19H2/b3-1+,24-5-. The maximum atomic E-state index is 12.7. The average Bonchev–Trinajstić information content (AvgIpc) is 2.83. The number of halogens is 4. The normalized spacial score (nSPS) is 26.4. The van der Waals surface area contributed by atoms with Gasteiger partial charge in [-0.3, -0.25) is 0 Å². The molecule has 3 rings (SSSR count). The summed E-state index contributed by atoms with van der Waals surface area (Å²) in [5.74, 6) is 0.727. The van der Waals surface area contributed by atoms with Crippen LogP contribution in [0, 0.1) is 23.2 Å². The monoisotopic (exact) mass is 479 g/mol. The molecule has 1 aromatic rings. The Hall–Kier alpha value is -2.33. The molecule has 2 saturated carbocycles. The van der Waals surface area contributed by atoms with Gasteiger partial charge >= 0.3 is 6.36 Å². The lowest BCUT2D eigenvalue weighted by molar-refractivity contribution is -0.274. The number of allylic oxidation sites excluding steroid dienone is 4. The van der Waals surface area contributed by atoms with Crippen LogP contribution in [0.25, 0.3) is 0 Å². The van der Waals surface area contributed by atoms with Gasteiger partial charge in [0.1, 0.15) is 11.8 Å². The first-order valence-electron chi connectivity index (χ1n) is 12.2. The molecule has 0 radical (unpaired) electrons. The molecule has 0 spiro atoms. The summed E-state index contributed by atoms with van der Waals surface area (Å²) in [5.41, 5.74) is 1.06. The average molecular weight is 480 g/mol. The van der Waals surface area contributed by atoms with Crippen molar-refractivity contribution in [2.45, 2.75) is 82.6 Å². The van der Waals surface area contributed by atoms with E-state index in [9.17, 15) is 17.6 Å². The Bertz CT molecular complexity index is 841. The summed E-state index contributed by atoms with van der Waals surface area (Å²) < 4.78 is 59.9. The van der Waals surface area contributed by atoms with Gasteiger partial charge in [-0.2, -0.15) is 9.65 Å². The fourth-order valence-corrected chi connectivity index (χ4v) is 5.08. The Kier molecular flexibility index (Phi) is 10.0. The van der Waals surface area contributed by atoms with Crippen molar-refractivity contribution in [3.05, 3.63) is 53.9 Å². The first kappa shape index (κ1) is 26.3. The van der Waals surface area contributed by atoms with Gasteiger partial charge in [-0.05, 0) is 92.9 Å². The molecule has 0 heterocycles. The molecular weight excluding hydrogens is 446 g/mol. The van der Waals surface area contributed by atoms with Crippen molar-refractivity contribution in [2.75, 3.05) is 6.61 Å². The predicted octanol–water partition coefficient (Wildman–Crippen LogP) is 8.15. The van der Waals surface area contributed by atoms with Crippen molar-refractivity contribution in [1.29, 1.82) is 5.26 Å². The molecule has 0 amide bonds. The molecular formula is C27H33F4NO2. The van der Waals surface area contributed by atoms with Crippen LogP contribution < -0.4 is 4.74 Å². The van der Waals surface area contributed by atoms with E-state index >= 15 is 0 Å². The molecule has 1 aromatic carbocycles. The molecule has 0 N–H and O–H groups in total. The minimum Gasteiger partial charge on any atom is -0.406 e. The molecule has 0 bridgehead atoms. The van der Waals surface area contributed by atoms with E-state index in [0.717, 1.165) is 50.7 Å². The summed E-state index contributed by atoms with van der Waals surface area (Å²) in [6, 6.07) is 7.72. The zero-order valence-electron chi connectivity index (χ0n) is 19.4. The molecule has 2 aliphatic carbocycles. The van der Waals surface area contributed by atoms with Crippen LogP contribution in [0.15, 0.2) is 48.3 Å². The van der Waals surface area contributed by atoms with Gasteiger partial charge in [0, 0.05) is 6.61 Å². The third kappa shape index (κ3) is 9.13. The number of alkyl halides is 3. The van der Waals surface area contributed by atoms with Gasteiger partial charge < -0.3 is 9.47 Å². The van der Waals surface area contributed by atoms with Gasteiger partial charge in [-0.15, -0.1) is 13.2 Å². The molecule has 0 atom stereocenters. The summed E-state index contributed by atoms with van der Waals surface area (Å²) in [6.07, 6.45) is 11.0. The minimum atomic E-state index is -4.66. The lowest BCUT2D eigenvalue weighted by Gasteiger charge is -2.32. The van der Waals surface area contributed by atoms with Gasteiger partial charge in [0.15, 0.2) is 5.83 Å². The van der Waals surface area contributed by atoms with E-state index < -0.39 is 12.2 Å². The van der Waals surface area contributed by atoms with Gasteiger partial charge in [0.2, 0.25) is 0 Å². The first-order chi connectivity index (χ1) is 16.3. The van der Waals surface area contributed by atoms with Crippen LogP contribution in [0.1, 0.15) is 75.7 Å². The van der Waals surface area contributed by atoms with Crippen molar-refractivity contribution in [1.82, 2.24) is 0 Å². The Labute approximate surface area is 199 Å². The van der Waals surface area contributed by atoms with Crippen LogP contribution in [0.2, 0.25) is 0 Å². The lowest BCUT2D eigenvalue weighted by atomic mass is 9.80. The van der Waals surface area contributed by atoms with E-state index in [1.165, 1.54) is 50.0 Å². The number of nitrogens with zero attached hydrogens (tertiary/aromatic N) is 1. The fourth-order valence-electron chi connectivity index (χ4n) is 5.08. The van der Waals surface area contributed by atoms with E-state index in [0.29, 0.717) is 17.8 Å². The molecule has 0 saturated heterocycles. The topological polar surface area (TPSA) is 42.2 Å². The number of hydrogen-bond acceptors (Lipinski definition) is 3. The first-order valence-corrected chi connectivity index (χ1v) is 12.2. The SMILES string of the molecule is N#C/C(F)=C/C=C/CCC1CCC(COC2CCC(c3ccc(OC(F)(F)F)cc3)CC2)CC1. The van der Waals surface area contributed by atoms with E-state index in [1.54, 1.807) is 18.2 Å². The molecule has 0 unspecified atom stereocenters. The van der Waals surface area contributed by atoms with Crippen molar-refractivity contribution < 1.29 is 27.0 Å². The summed E-state index contributed by atoms with van der Waals surface area (Å²) in [4.78, 5) is 0. The number of nitriles is 1. The molecule has 2 fully saturated rings. The Balaban J connectivity index is 1.29. The molecule has 7 heteroatoms. The highest BCUT2D eigenvalue weighted by atomic mass is 19.4. The molecule has 186 valence electrons. The van der Waals surface area contributed by atoms with Crippen molar-refractivity contribution in [2.24, 2.45) is 11.8 Å². The quantitative estimate of drug-likeness (QED) is 0.204. The zero-order valence-corrected chi connectivity index (χ0v) is 19.4. The number of rotatable bonds is 9. The maximum Gasteiger partial charge on any atom is 0.573 e. The highest BCUT2D eigenvalue weighted by Gasteiger charge is 2.31. The lowest BCUT2D eigenvalue weighted by Crippen LogP contribution is -2.25. The van der Waals surface area contributed by atoms with Crippen LogP contribution in [0.3, 0.4) is 0 Å². The predicted molar refractivity (Wildman–Crippen MR) is 123 cm³/mol. The number of benzene rings is 1. The van der Waals surface area contributed by atoms with Crippen LogP contribution in [-0.2, 0) is 4.74 Å². The molecule has 0 aliphatic heterocycles. The highest BCUT2D eigenvalue weighted by Crippen LogP contribution is 2.37. The van der Waals surface area contributed by atoms with Crippen molar-refractivity contribution in [3.8, 4) is 11.8 Å². The van der Waals surface area contributed by atoms with Gasteiger partial charge in [-0.25, -0.2) is 0 Å². The van der Waals surface area contributed by atoms with Crippen molar-refractivity contribution in [3.63, 3.8) is 0 Å². The van der Waals surface area contributed by atoms with E-state index in [2.05, 4.69) is 4.74 Å².